The van der Waals surface area contributed by atoms with E-state index in [1.54, 1.807) is 9.75 Å². The van der Waals surface area contributed by atoms with Crippen LogP contribution in [0.3, 0.4) is 0 Å². The lowest BCUT2D eigenvalue weighted by molar-refractivity contribution is 0.605. The van der Waals surface area contributed by atoms with Crippen LogP contribution in [0.15, 0.2) is 48.5 Å². The molecule has 0 bridgehead atoms. The highest BCUT2D eigenvalue weighted by molar-refractivity contribution is 7.28. The van der Waals surface area contributed by atoms with Gasteiger partial charge in [-0.25, -0.2) is 0 Å². The Balaban J connectivity index is 1.51. The lowest BCUT2D eigenvalue weighted by Gasteiger charge is -2.10. The van der Waals surface area contributed by atoms with Gasteiger partial charge in [-0.2, -0.15) is 0 Å². The topological polar surface area (TPSA) is 0 Å². The maximum atomic E-state index is 2.36. The minimum atomic E-state index is 0.721. The van der Waals surface area contributed by atoms with E-state index in [1.807, 2.05) is 45.3 Å². The van der Waals surface area contributed by atoms with Crippen molar-refractivity contribution in [1.82, 2.24) is 0 Å². The Labute approximate surface area is 210 Å². The molecule has 0 aliphatic heterocycles. The summed E-state index contributed by atoms with van der Waals surface area (Å²) in [5.41, 5.74) is 0. The first-order valence-electron chi connectivity index (χ1n) is 12.1. The first-order chi connectivity index (χ1) is 15.7. The van der Waals surface area contributed by atoms with E-state index in [9.17, 15) is 0 Å². The summed E-state index contributed by atoms with van der Waals surface area (Å²) in [6.07, 6.45) is 7.60. The largest absolute Gasteiger partial charge is 0.139 e. The fourth-order valence-electron chi connectivity index (χ4n) is 4.41. The molecule has 32 heavy (non-hydrogen) atoms. The monoisotopic (exact) mass is 498 g/mol. The Morgan fingerprint density at radius 1 is 0.469 bits per heavy atom. The molecule has 4 aromatic rings. The van der Waals surface area contributed by atoms with Gasteiger partial charge in [-0.05, 0) is 86.1 Å². The molecule has 4 aromatic heterocycles. The molecule has 0 N–H and O–H groups in total. The minimum absolute atomic E-state index is 0.721. The molecule has 0 aliphatic rings. The van der Waals surface area contributed by atoms with E-state index in [2.05, 4.69) is 76.2 Å². The van der Waals surface area contributed by atoms with Crippen LogP contribution in [0.25, 0.3) is 29.3 Å². The maximum absolute atomic E-state index is 2.36. The van der Waals surface area contributed by atoms with Gasteiger partial charge in [0.2, 0.25) is 0 Å². The van der Waals surface area contributed by atoms with Crippen LogP contribution in [0.2, 0.25) is 0 Å². The molecule has 0 spiro atoms. The molecule has 4 rings (SSSR count). The van der Waals surface area contributed by atoms with E-state index in [-0.39, 0.29) is 0 Å². The first-order valence-corrected chi connectivity index (χ1v) is 15.3. The van der Waals surface area contributed by atoms with Crippen LogP contribution in [0.4, 0.5) is 0 Å². The summed E-state index contributed by atoms with van der Waals surface area (Å²) in [4.78, 5) is 11.5. The van der Waals surface area contributed by atoms with Crippen LogP contribution >= 0.6 is 45.3 Å². The Kier molecular flexibility index (Phi) is 8.44. The van der Waals surface area contributed by atoms with Gasteiger partial charge in [-0.3, -0.25) is 0 Å². The Hall–Kier alpha value is -1.20. The molecule has 0 aliphatic carbocycles. The predicted molar refractivity (Wildman–Crippen MR) is 150 cm³/mol. The van der Waals surface area contributed by atoms with Crippen molar-refractivity contribution >= 4 is 45.3 Å². The van der Waals surface area contributed by atoms with Crippen molar-refractivity contribution < 1.29 is 0 Å². The molecular formula is C28H34S4. The quantitative estimate of drug-likeness (QED) is 0.193. The van der Waals surface area contributed by atoms with Crippen molar-refractivity contribution in [1.29, 1.82) is 0 Å². The summed E-state index contributed by atoms with van der Waals surface area (Å²) < 4.78 is 0. The maximum Gasteiger partial charge on any atom is 0.0449 e. The molecule has 0 aromatic carbocycles. The second-order valence-corrected chi connectivity index (χ2v) is 12.9. The second-order valence-electron chi connectivity index (χ2n) is 8.52. The van der Waals surface area contributed by atoms with Gasteiger partial charge < -0.3 is 0 Å². The molecule has 2 unspecified atom stereocenters. The van der Waals surface area contributed by atoms with E-state index in [4.69, 9.17) is 0 Å². The van der Waals surface area contributed by atoms with Gasteiger partial charge >= 0.3 is 0 Å². The molecule has 4 heteroatoms. The molecule has 0 nitrogen and oxygen atoms in total. The number of hydrogen-bond acceptors (Lipinski definition) is 4. The van der Waals surface area contributed by atoms with Crippen molar-refractivity contribution in [3.05, 3.63) is 58.3 Å². The predicted octanol–water partition coefficient (Wildman–Crippen LogP) is 11.5. The molecule has 0 fully saturated rings. The molecule has 0 radical (unpaired) electrons. The van der Waals surface area contributed by atoms with Gasteiger partial charge in [0.15, 0.2) is 0 Å². The summed E-state index contributed by atoms with van der Waals surface area (Å²) in [6, 6.07) is 18.7. The molecule has 4 heterocycles. The zero-order valence-corrected chi connectivity index (χ0v) is 22.9. The third-order valence-corrected chi connectivity index (χ3v) is 11.5. The number of hydrogen-bond donors (Lipinski definition) is 0. The molecule has 170 valence electrons. The van der Waals surface area contributed by atoms with E-state index >= 15 is 0 Å². The molecule has 0 amide bonds. The number of rotatable bonds is 11. The third-order valence-electron chi connectivity index (χ3n) is 6.26. The van der Waals surface area contributed by atoms with E-state index in [0.717, 1.165) is 11.8 Å². The van der Waals surface area contributed by atoms with Crippen LogP contribution in [-0.2, 0) is 0 Å². The molecular weight excluding hydrogens is 465 g/mol. The Morgan fingerprint density at radius 3 is 1.09 bits per heavy atom. The second kappa shape index (κ2) is 11.3. The summed E-state index contributed by atoms with van der Waals surface area (Å²) in [6.45, 7) is 9.23. The molecule has 0 saturated carbocycles. The summed E-state index contributed by atoms with van der Waals surface area (Å²) in [5.74, 6) is 1.44. The lowest BCUT2D eigenvalue weighted by Crippen LogP contribution is -1.92. The van der Waals surface area contributed by atoms with Gasteiger partial charge in [0.1, 0.15) is 0 Å². The fourth-order valence-corrected chi connectivity index (χ4v) is 9.14. The van der Waals surface area contributed by atoms with Crippen LogP contribution in [0, 0.1) is 0 Å². The third kappa shape index (κ3) is 5.30. The Bertz CT molecular complexity index is 1020. The standard InChI is InChI=1S/C28H34S4/c1-5-9-19(7-3)21-11-13-23(29-21)25-15-17-27(31-25)28-18-16-26(32-28)24-14-12-22(30-24)20(8-4)10-6-2/h11-20H,5-10H2,1-4H3. The fraction of sp³-hybridized carbons (Fsp3) is 0.429. The summed E-state index contributed by atoms with van der Waals surface area (Å²) in [5, 5.41) is 0. The van der Waals surface area contributed by atoms with Crippen molar-refractivity contribution in [2.24, 2.45) is 0 Å². The number of thiophene rings is 4. The minimum Gasteiger partial charge on any atom is -0.139 e. The highest BCUT2D eigenvalue weighted by Crippen LogP contribution is 2.44. The Morgan fingerprint density at radius 2 is 0.781 bits per heavy atom. The average Bonchev–Trinajstić information content (AvgIpc) is 3.60. The van der Waals surface area contributed by atoms with Crippen molar-refractivity contribution in [3.63, 3.8) is 0 Å². The molecule has 0 saturated heterocycles. The lowest BCUT2D eigenvalue weighted by atomic mass is 9.99. The summed E-state index contributed by atoms with van der Waals surface area (Å²) in [7, 11) is 0. The van der Waals surface area contributed by atoms with E-state index < -0.39 is 0 Å². The van der Waals surface area contributed by atoms with Gasteiger partial charge in [-0.15, -0.1) is 45.3 Å². The van der Waals surface area contributed by atoms with Crippen LogP contribution in [0.5, 0.6) is 0 Å². The average molecular weight is 499 g/mol. The van der Waals surface area contributed by atoms with Gasteiger partial charge in [0, 0.05) is 39.0 Å². The zero-order chi connectivity index (χ0) is 22.5. The molecule has 2 atom stereocenters. The van der Waals surface area contributed by atoms with Crippen LogP contribution < -0.4 is 0 Å². The normalized spacial score (nSPS) is 13.5. The summed E-state index contributed by atoms with van der Waals surface area (Å²) >= 11 is 7.87. The zero-order valence-electron chi connectivity index (χ0n) is 19.6. The van der Waals surface area contributed by atoms with Gasteiger partial charge in [-0.1, -0.05) is 40.5 Å². The van der Waals surface area contributed by atoms with Gasteiger partial charge in [0.05, 0.1) is 0 Å². The smallest absolute Gasteiger partial charge is 0.0449 e. The van der Waals surface area contributed by atoms with Crippen molar-refractivity contribution in [2.75, 3.05) is 0 Å². The highest BCUT2D eigenvalue weighted by atomic mass is 32.1. The SMILES string of the molecule is CCCC(CC)c1ccc(-c2ccc(-c3ccc(-c4ccc(C(CC)CCC)s4)s3)s2)s1. The van der Waals surface area contributed by atoms with Gasteiger partial charge in [0.25, 0.3) is 0 Å². The van der Waals surface area contributed by atoms with Crippen molar-refractivity contribution in [3.8, 4) is 29.3 Å². The van der Waals surface area contributed by atoms with Crippen molar-refractivity contribution in [2.45, 2.75) is 78.1 Å². The van der Waals surface area contributed by atoms with Crippen LogP contribution in [-0.4, -0.2) is 0 Å². The highest BCUT2D eigenvalue weighted by Gasteiger charge is 2.16. The van der Waals surface area contributed by atoms with E-state index in [1.165, 1.54) is 67.8 Å². The first kappa shape index (κ1) is 23.9. The van der Waals surface area contributed by atoms with E-state index in [0.29, 0.717) is 0 Å². The van der Waals surface area contributed by atoms with Crippen LogP contribution in [0.1, 0.15) is 87.8 Å².